The van der Waals surface area contributed by atoms with Crippen LogP contribution in [0.25, 0.3) is 6.08 Å². The minimum atomic E-state index is -0.238. The maximum Gasteiger partial charge on any atom is 0.311 e. The third kappa shape index (κ3) is 5.71. The summed E-state index contributed by atoms with van der Waals surface area (Å²) in [5.41, 5.74) is 5.19. The third-order valence-corrected chi connectivity index (χ3v) is 7.77. The largest absolute Gasteiger partial charge is 0.497 e. The van der Waals surface area contributed by atoms with E-state index in [1.807, 2.05) is 59.6 Å². The minimum absolute atomic E-state index is 0.119. The zero-order valence-corrected chi connectivity index (χ0v) is 23.4. The molecule has 2 heterocycles. The molecule has 39 heavy (non-hydrogen) atoms. The number of ether oxygens (including phenoxy) is 2. The topological polar surface area (TPSA) is 66.7 Å². The Balaban J connectivity index is 1.50. The number of benzene rings is 3. The maximum atomic E-state index is 12.6. The Morgan fingerprint density at radius 3 is 2.13 bits per heavy atom. The summed E-state index contributed by atoms with van der Waals surface area (Å²) in [6.07, 6.45) is 2.69. The van der Waals surface area contributed by atoms with E-state index in [-0.39, 0.29) is 11.3 Å². The zero-order chi connectivity index (χ0) is 27.4. The van der Waals surface area contributed by atoms with Crippen LogP contribution in [0.1, 0.15) is 43.0 Å². The minimum Gasteiger partial charge on any atom is -0.497 e. The number of rotatable bonds is 8. The predicted octanol–water partition coefficient (Wildman–Crippen LogP) is 7.01. The number of nitrogens with zero attached hydrogens (tertiary/aromatic N) is 4. The first-order valence-corrected chi connectivity index (χ1v) is 13.9. The van der Waals surface area contributed by atoms with Crippen LogP contribution in [0.3, 0.4) is 0 Å². The molecule has 5 rings (SSSR count). The lowest BCUT2D eigenvalue weighted by molar-refractivity contribution is 0.267. The van der Waals surface area contributed by atoms with Crippen LogP contribution in [-0.4, -0.2) is 49.1 Å². The van der Waals surface area contributed by atoms with E-state index in [1.54, 1.807) is 14.2 Å². The van der Waals surface area contributed by atoms with Gasteiger partial charge in [-0.3, -0.25) is 4.79 Å². The van der Waals surface area contributed by atoms with Gasteiger partial charge in [0.05, 0.1) is 30.9 Å². The number of methoxy groups -OCH3 is 2. The molecule has 0 fully saturated rings. The van der Waals surface area contributed by atoms with Crippen molar-refractivity contribution in [3.05, 3.63) is 94.4 Å². The molecule has 0 bridgehead atoms. The van der Waals surface area contributed by atoms with Crippen molar-refractivity contribution >= 4 is 40.3 Å². The van der Waals surface area contributed by atoms with Crippen molar-refractivity contribution in [1.29, 1.82) is 0 Å². The van der Waals surface area contributed by atoms with E-state index in [2.05, 4.69) is 48.0 Å². The van der Waals surface area contributed by atoms with Crippen molar-refractivity contribution in [2.75, 3.05) is 32.2 Å². The van der Waals surface area contributed by atoms with Gasteiger partial charge in [0.2, 0.25) is 0 Å². The van der Waals surface area contributed by atoms with Gasteiger partial charge >= 0.3 is 5.24 Å². The molecule has 0 radical (unpaired) electrons. The summed E-state index contributed by atoms with van der Waals surface area (Å²) in [4.78, 5) is 20.1. The van der Waals surface area contributed by atoms with Crippen molar-refractivity contribution < 1.29 is 14.3 Å². The van der Waals surface area contributed by atoms with Crippen LogP contribution < -0.4 is 14.4 Å². The van der Waals surface area contributed by atoms with E-state index in [1.165, 1.54) is 5.69 Å². The fraction of sp³-hybridized carbons (Fsp3) is 0.258. The molecule has 0 aromatic heterocycles. The monoisotopic (exact) mass is 540 g/mol. The van der Waals surface area contributed by atoms with Gasteiger partial charge in [0.15, 0.2) is 5.84 Å². The van der Waals surface area contributed by atoms with Crippen LogP contribution in [0.4, 0.5) is 10.5 Å². The lowest BCUT2D eigenvalue weighted by atomic mass is 9.98. The number of hydrogen-bond donors (Lipinski definition) is 0. The molecule has 200 valence electrons. The number of hydrogen-bond acceptors (Lipinski definition) is 7. The smallest absolute Gasteiger partial charge is 0.311 e. The van der Waals surface area contributed by atoms with E-state index in [0.717, 1.165) is 63.7 Å². The molecule has 3 aromatic rings. The van der Waals surface area contributed by atoms with Gasteiger partial charge in [-0.25, -0.2) is 5.01 Å². The van der Waals surface area contributed by atoms with Crippen LogP contribution in [0.15, 0.2) is 87.8 Å². The van der Waals surface area contributed by atoms with Crippen LogP contribution in [0, 0.1) is 0 Å². The SMILES string of the molecule is CCN(CC)c1ccc(/C=C2\SC(=O)N=C2N2N=C(c3ccc(OC)cc3)CC2c2ccc(OC)cc2)cc1. The zero-order valence-electron chi connectivity index (χ0n) is 22.6. The van der Waals surface area contributed by atoms with E-state index in [4.69, 9.17) is 14.6 Å². The molecule has 0 saturated heterocycles. The first-order valence-electron chi connectivity index (χ1n) is 13.1. The third-order valence-electron chi connectivity index (χ3n) is 6.99. The van der Waals surface area contributed by atoms with Gasteiger partial charge in [-0.15, -0.1) is 0 Å². The summed E-state index contributed by atoms with van der Waals surface area (Å²) in [7, 11) is 3.31. The fourth-order valence-corrected chi connectivity index (χ4v) is 5.58. The standard InChI is InChI=1S/C31H32N4O3S/c1-5-34(6-2)24-13-7-21(8-14-24)19-29-30(32-31(36)39-29)35-28(23-11-17-26(38-4)18-12-23)20-27(33-35)22-9-15-25(37-3)16-10-22/h7-19,28H,5-6,20H2,1-4H3/b29-19-. The van der Waals surface area contributed by atoms with Gasteiger partial charge < -0.3 is 14.4 Å². The predicted molar refractivity (Wildman–Crippen MR) is 160 cm³/mol. The maximum absolute atomic E-state index is 12.6. The molecule has 0 N–H and O–H groups in total. The van der Waals surface area contributed by atoms with Crippen molar-refractivity contribution in [3.63, 3.8) is 0 Å². The highest BCUT2D eigenvalue weighted by atomic mass is 32.2. The number of hydrazone groups is 1. The van der Waals surface area contributed by atoms with Crippen LogP contribution in [0.5, 0.6) is 11.5 Å². The number of carbonyl (C=O) groups excluding carboxylic acids is 1. The van der Waals surface area contributed by atoms with Crippen molar-refractivity contribution in [2.24, 2.45) is 10.1 Å². The van der Waals surface area contributed by atoms with Crippen LogP contribution in [-0.2, 0) is 0 Å². The van der Waals surface area contributed by atoms with Crippen LogP contribution >= 0.6 is 11.8 Å². The second-order valence-corrected chi connectivity index (χ2v) is 10.2. The van der Waals surface area contributed by atoms with Crippen molar-refractivity contribution in [1.82, 2.24) is 5.01 Å². The van der Waals surface area contributed by atoms with E-state index >= 15 is 0 Å². The Bertz CT molecular complexity index is 1410. The number of thioether (sulfide) groups is 1. The van der Waals surface area contributed by atoms with Crippen molar-refractivity contribution in [2.45, 2.75) is 26.3 Å². The van der Waals surface area contributed by atoms with Gasteiger partial charge in [0, 0.05) is 25.2 Å². The number of aliphatic imine (C=N–C) groups is 1. The van der Waals surface area contributed by atoms with Gasteiger partial charge in [0.1, 0.15) is 11.5 Å². The molecule has 8 heteroatoms. The average molecular weight is 541 g/mol. The van der Waals surface area contributed by atoms with Gasteiger partial charge in [-0.2, -0.15) is 10.1 Å². The quantitative estimate of drug-likeness (QED) is 0.306. The Kier molecular flexibility index (Phi) is 8.02. The van der Waals surface area contributed by atoms with E-state index in [0.29, 0.717) is 12.3 Å². The summed E-state index contributed by atoms with van der Waals surface area (Å²) in [5, 5.41) is 6.68. The van der Waals surface area contributed by atoms with Crippen molar-refractivity contribution in [3.8, 4) is 11.5 Å². The highest BCUT2D eigenvalue weighted by Gasteiger charge is 2.37. The molecule has 3 aromatic carbocycles. The second-order valence-electron chi connectivity index (χ2n) is 9.19. The Labute approximate surface area is 233 Å². The number of amidine groups is 1. The average Bonchev–Trinajstić information content (AvgIpc) is 3.58. The van der Waals surface area contributed by atoms with E-state index in [9.17, 15) is 4.79 Å². The molecule has 7 nitrogen and oxygen atoms in total. The summed E-state index contributed by atoms with van der Waals surface area (Å²) >= 11 is 1.14. The van der Waals surface area contributed by atoms with Crippen LogP contribution in [0.2, 0.25) is 0 Å². The normalized spacial score (nSPS) is 17.8. The Morgan fingerprint density at radius 1 is 0.923 bits per heavy atom. The molecule has 1 unspecified atom stereocenters. The first kappa shape index (κ1) is 26.6. The van der Waals surface area contributed by atoms with Gasteiger partial charge in [0.25, 0.3) is 0 Å². The molecule has 1 amide bonds. The number of amides is 1. The molecular formula is C31H32N4O3S. The summed E-state index contributed by atoms with van der Waals surface area (Å²) in [6.45, 7) is 6.21. The van der Waals surface area contributed by atoms with E-state index < -0.39 is 0 Å². The van der Waals surface area contributed by atoms with Gasteiger partial charge in [-0.05, 0) is 96.9 Å². The molecule has 0 spiro atoms. The lowest BCUT2D eigenvalue weighted by Gasteiger charge is -2.24. The number of carbonyl (C=O) groups is 1. The number of anilines is 1. The molecule has 2 aliphatic heterocycles. The van der Waals surface area contributed by atoms with Gasteiger partial charge in [-0.1, -0.05) is 24.3 Å². The Morgan fingerprint density at radius 2 is 1.54 bits per heavy atom. The summed E-state index contributed by atoms with van der Waals surface area (Å²) in [5.74, 6) is 2.15. The molecular weight excluding hydrogens is 508 g/mol. The molecule has 1 atom stereocenters. The molecule has 2 aliphatic rings. The highest BCUT2D eigenvalue weighted by molar-refractivity contribution is 8.18. The summed E-state index contributed by atoms with van der Waals surface area (Å²) in [6, 6.07) is 24.2. The Hall–Kier alpha value is -4.04. The molecule has 0 saturated carbocycles. The second kappa shape index (κ2) is 11.8. The fourth-order valence-electron chi connectivity index (χ4n) is 4.83. The summed E-state index contributed by atoms with van der Waals surface area (Å²) < 4.78 is 10.7. The molecule has 0 aliphatic carbocycles. The first-order chi connectivity index (χ1) is 19.0. The highest BCUT2D eigenvalue weighted by Crippen LogP contribution is 2.40. The lowest BCUT2D eigenvalue weighted by Crippen LogP contribution is -2.26.